The molecule has 0 radical (unpaired) electrons. The topological polar surface area (TPSA) is 65.5 Å². The van der Waals surface area contributed by atoms with E-state index in [-0.39, 0.29) is 5.91 Å². The summed E-state index contributed by atoms with van der Waals surface area (Å²) in [5.41, 5.74) is 3.26. The number of fused-ring (bicyclic) bond motifs is 2. The summed E-state index contributed by atoms with van der Waals surface area (Å²) >= 11 is 1.49. The Morgan fingerprint density at radius 1 is 0.912 bits per heavy atom. The van der Waals surface area contributed by atoms with Crippen LogP contribution in [0.4, 0.5) is 17.3 Å². The Labute approximate surface area is 202 Å². The van der Waals surface area contributed by atoms with E-state index in [1.165, 1.54) is 16.9 Å². The molecule has 172 valence electrons. The molecule has 0 unspecified atom stereocenters. The number of hydrogen-bond acceptors (Lipinski definition) is 7. The van der Waals surface area contributed by atoms with Crippen LogP contribution in [-0.2, 0) is 6.42 Å². The van der Waals surface area contributed by atoms with Gasteiger partial charge in [0, 0.05) is 44.6 Å². The number of piperazine rings is 1. The van der Waals surface area contributed by atoms with Crippen LogP contribution in [0.3, 0.4) is 0 Å². The van der Waals surface area contributed by atoms with E-state index in [9.17, 15) is 4.79 Å². The van der Waals surface area contributed by atoms with Crippen LogP contribution >= 0.6 is 11.3 Å². The predicted octanol–water partition coefficient (Wildman–Crippen LogP) is 4.31. The maximum Gasteiger partial charge on any atom is 0.268 e. The lowest BCUT2D eigenvalue weighted by molar-refractivity contribution is 0.0988. The quantitative estimate of drug-likeness (QED) is 0.445. The standard InChI is InChI=1S/C26H26N6OS/c1-18-22-24(31-15-13-30(14-16-31)21-10-4-5-11-27-21)28-17-29-25(22)34-23(18)26(33)32-12-6-8-19-7-2-3-9-20(19)32/h2-5,7,9-11,17H,6,8,12-16H2,1H3. The van der Waals surface area contributed by atoms with Gasteiger partial charge in [0.15, 0.2) is 0 Å². The van der Waals surface area contributed by atoms with E-state index >= 15 is 0 Å². The van der Waals surface area contributed by atoms with Crippen LogP contribution in [0.2, 0.25) is 0 Å². The lowest BCUT2D eigenvalue weighted by Crippen LogP contribution is -2.47. The number of carbonyl (C=O) groups excluding carboxylic acids is 1. The van der Waals surface area contributed by atoms with Crippen molar-refractivity contribution >= 4 is 44.8 Å². The van der Waals surface area contributed by atoms with Crippen LogP contribution in [0.25, 0.3) is 10.2 Å². The molecule has 5 heterocycles. The molecule has 0 saturated carbocycles. The molecule has 1 fully saturated rings. The Balaban J connectivity index is 1.30. The van der Waals surface area contributed by atoms with Crippen molar-refractivity contribution < 1.29 is 4.79 Å². The van der Waals surface area contributed by atoms with E-state index < -0.39 is 0 Å². The summed E-state index contributed by atoms with van der Waals surface area (Å²) in [5.74, 6) is 2.01. The number of pyridine rings is 1. The third-order valence-electron chi connectivity index (χ3n) is 6.81. The van der Waals surface area contributed by atoms with Gasteiger partial charge in [-0.05, 0) is 49.1 Å². The molecule has 2 aliphatic rings. The number of aromatic nitrogens is 3. The third-order valence-corrected chi connectivity index (χ3v) is 8.00. The lowest BCUT2D eigenvalue weighted by atomic mass is 10.0. The first-order chi connectivity index (χ1) is 16.7. The van der Waals surface area contributed by atoms with Gasteiger partial charge in [-0.15, -0.1) is 11.3 Å². The van der Waals surface area contributed by atoms with Gasteiger partial charge in [0.1, 0.15) is 22.8 Å². The number of thiophene rings is 1. The fourth-order valence-electron chi connectivity index (χ4n) is 5.05. The van der Waals surface area contributed by atoms with E-state index in [1.54, 1.807) is 6.33 Å². The first-order valence-electron chi connectivity index (χ1n) is 11.8. The number of benzene rings is 1. The van der Waals surface area contributed by atoms with Crippen molar-refractivity contribution in [2.45, 2.75) is 19.8 Å². The second-order valence-electron chi connectivity index (χ2n) is 8.78. The van der Waals surface area contributed by atoms with Crippen molar-refractivity contribution in [3.05, 3.63) is 71.0 Å². The second kappa shape index (κ2) is 8.68. The Morgan fingerprint density at radius 3 is 2.53 bits per heavy atom. The SMILES string of the molecule is Cc1c(C(=O)N2CCCc3ccccc32)sc2ncnc(N3CCN(c4ccccn4)CC3)c12. The monoisotopic (exact) mass is 470 g/mol. The van der Waals surface area contributed by atoms with E-state index in [0.29, 0.717) is 0 Å². The highest BCUT2D eigenvalue weighted by Gasteiger charge is 2.29. The van der Waals surface area contributed by atoms with E-state index in [0.717, 1.165) is 83.5 Å². The number of nitrogens with zero attached hydrogens (tertiary/aromatic N) is 6. The molecule has 0 spiro atoms. The molecule has 7 nitrogen and oxygen atoms in total. The number of aryl methyl sites for hydroxylation is 2. The predicted molar refractivity (Wildman–Crippen MR) is 137 cm³/mol. The fourth-order valence-corrected chi connectivity index (χ4v) is 6.14. The van der Waals surface area contributed by atoms with Gasteiger partial charge in [-0.25, -0.2) is 15.0 Å². The highest BCUT2D eigenvalue weighted by atomic mass is 32.1. The third kappa shape index (κ3) is 3.58. The Kier molecular flexibility index (Phi) is 5.37. The van der Waals surface area contributed by atoms with Gasteiger partial charge < -0.3 is 14.7 Å². The zero-order chi connectivity index (χ0) is 23.1. The van der Waals surface area contributed by atoms with Crippen molar-refractivity contribution in [2.24, 2.45) is 0 Å². The van der Waals surface area contributed by atoms with Crippen molar-refractivity contribution in [3.8, 4) is 0 Å². The minimum absolute atomic E-state index is 0.0681. The summed E-state index contributed by atoms with van der Waals surface area (Å²) in [6.07, 6.45) is 5.47. The van der Waals surface area contributed by atoms with E-state index in [4.69, 9.17) is 0 Å². The number of carbonyl (C=O) groups is 1. The minimum atomic E-state index is 0.0681. The largest absolute Gasteiger partial charge is 0.353 e. The van der Waals surface area contributed by atoms with Gasteiger partial charge >= 0.3 is 0 Å². The summed E-state index contributed by atoms with van der Waals surface area (Å²) in [7, 11) is 0. The molecule has 8 heteroatoms. The number of anilines is 3. The van der Waals surface area contributed by atoms with Crippen molar-refractivity contribution in [1.29, 1.82) is 0 Å². The number of rotatable bonds is 3. The highest BCUT2D eigenvalue weighted by molar-refractivity contribution is 7.20. The van der Waals surface area contributed by atoms with E-state index in [1.807, 2.05) is 42.3 Å². The molecular formula is C26H26N6OS. The molecule has 4 aromatic rings. The van der Waals surface area contributed by atoms with Crippen molar-refractivity contribution in [1.82, 2.24) is 15.0 Å². The minimum Gasteiger partial charge on any atom is -0.353 e. The summed E-state index contributed by atoms with van der Waals surface area (Å²) in [6.45, 7) is 6.24. The molecule has 1 aromatic carbocycles. The van der Waals surface area contributed by atoms with Crippen LogP contribution in [0.5, 0.6) is 0 Å². The van der Waals surface area contributed by atoms with Crippen LogP contribution in [0.15, 0.2) is 55.0 Å². The number of para-hydroxylation sites is 1. The zero-order valence-electron chi connectivity index (χ0n) is 19.1. The molecule has 3 aromatic heterocycles. The maximum absolute atomic E-state index is 13.7. The highest BCUT2D eigenvalue weighted by Crippen LogP contribution is 2.37. The normalized spacial score (nSPS) is 16.1. The van der Waals surface area contributed by atoms with Crippen LogP contribution in [-0.4, -0.2) is 53.6 Å². The second-order valence-corrected chi connectivity index (χ2v) is 9.78. The van der Waals surface area contributed by atoms with Crippen LogP contribution in [0.1, 0.15) is 27.2 Å². The summed E-state index contributed by atoms with van der Waals surface area (Å²) in [5, 5.41) is 1.01. The molecule has 0 N–H and O–H groups in total. The lowest BCUT2D eigenvalue weighted by Gasteiger charge is -2.36. The average molecular weight is 471 g/mol. The summed E-state index contributed by atoms with van der Waals surface area (Å²) in [6, 6.07) is 14.3. The van der Waals surface area contributed by atoms with Gasteiger partial charge in [0.25, 0.3) is 5.91 Å². The molecule has 1 amide bonds. The average Bonchev–Trinajstić information content (AvgIpc) is 3.25. The molecule has 1 saturated heterocycles. The zero-order valence-corrected chi connectivity index (χ0v) is 20.0. The Morgan fingerprint density at radius 2 is 1.71 bits per heavy atom. The molecular weight excluding hydrogens is 444 g/mol. The van der Waals surface area contributed by atoms with Gasteiger partial charge in [0.05, 0.1) is 10.3 Å². The first-order valence-corrected chi connectivity index (χ1v) is 12.6. The molecule has 0 aliphatic carbocycles. The first kappa shape index (κ1) is 21.0. The van der Waals surface area contributed by atoms with Gasteiger partial charge in [-0.1, -0.05) is 24.3 Å². The van der Waals surface area contributed by atoms with Crippen LogP contribution in [0, 0.1) is 6.92 Å². The van der Waals surface area contributed by atoms with Crippen molar-refractivity contribution in [2.75, 3.05) is 47.4 Å². The fraction of sp³-hybridized carbons (Fsp3) is 0.308. The van der Waals surface area contributed by atoms with Crippen molar-refractivity contribution in [3.63, 3.8) is 0 Å². The Hall–Kier alpha value is -3.52. The molecule has 6 rings (SSSR count). The molecule has 0 atom stereocenters. The molecule has 2 aliphatic heterocycles. The summed E-state index contributed by atoms with van der Waals surface area (Å²) in [4.78, 5) is 35.6. The van der Waals surface area contributed by atoms with Gasteiger partial charge in [-0.3, -0.25) is 4.79 Å². The van der Waals surface area contributed by atoms with E-state index in [2.05, 4.69) is 43.0 Å². The maximum atomic E-state index is 13.7. The van der Waals surface area contributed by atoms with Gasteiger partial charge in [0.2, 0.25) is 0 Å². The molecule has 34 heavy (non-hydrogen) atoms. The van der Waals surface area contributed by atoms with Crippen LogP contribution < -0.4 is 14.7 Å². The number of hydrogen-bond donors (Lipinski definition) is 0. The smallest absolute Gasteiger partial charge is 0.268 e. The molecule has 0 bridgehead atoms. The number of amides is 1. The Bertz CT molecular complexity index is 1350. The van der Waals surface area contributed by atoms with Gasteiger partial charge in [-0.2, -0.15) is 0 Å². The summed E-state index contributed by atoms with van der Waals surface area (Å²) < 4.78 is 0.